The first kappa shape index (κ1) is 15.8. The fourth-order valence-electron chi connectivity index (χ4n) is 4.00. The highest BCUT2D eigenvalue weighted by Crippen LogP contribution is 2.47. The molecule has 0 aromatic rings. The van der Waals surface area contributed by atoms with E-state index in [-0.39, 0.29) is 24.0 Å². The van der Waals surface area contributed by atoms with Crippen molar-refractivity contribution < 1.29 is 9.53 Å². The quantitative estimate of drug-likeness (QED) is 0.750. The second kappa shape index (κ2) is 6.90. The van der Waals surface area contributed by atoms with Gasteiger partial charge >= 0.3 is 0 Å². The zero-order chi connectivity index (χ0) is 14.7. The topological polar surface area (TPSA) is 64.3 Å². The minimum Gasteiger partial charge on any atom is -0.378 e. The van der Waals surface area contributed by atoms with Crippen molar-refractivity contribution in [2.45, 2.75) is 58.6 Å². The summed E-state index contributed by atoms with van der Waals surface area (Å²) in [6.45, 7) is 7.76. The molecule has 0 aliphatic heterocycles. The maximum atomic E-state index is 12.3. The third-order valence-electron chi connectivity index (χ3n) is 5.14. The zero-order valence-corrected chi connectivity index (χ0v) is 13.1. The number of rotatable bonds is 7. The van der Waals surface area contributed by atoms with E-state index >= 15 is 0 Å². The summed E-state index contributed by atoms with van der Waals surface area (Å²) in [6, 6.07) is 0.0848. The molecule has 5 atom stereocenters. The van der Waals surface area contributed by atoms with Crippen molar-refractivity contribution in [2.75, 3.05) is 13.2 Å². The number of hydrogen-bond acceptors (Lipinski definition) is 3. The Kier molecular flexibility index (Phi) is 5.44. The van der Waals surface area contributed by atoms with Gasteiger partial charge in [0, 0.05) is 19.2 Å². The molecule has 116 valence electrons. The molecule has 0 spiro atoms. The van der Waals surface area contributed by atoms with Gasteiger partial charge in [0.25, 0.3) is 0 Å². The lowest BCUT2D eigenvalue weighted by Crippen LogP contribution is -2.45. The monoisotopic (exact) mass is 282 g/mol. The van der Waals surface area contributed by atoms with Gasteiger partial charge in [-0.25, -0.2) is 0 Å². The van der Waals surface area contributed by atoms with Crippen LogP contribution in [0.4, 0.5) is 0 Å². The molecule has 2 aliphatic carbocycles. The maximum Gasteiger partial charge on any atom is 0.224 e. The Hall–Kier alpha value is -0.610. The number of amides is 1. The fraction of sp³-hybridized carbons (Fsp3) is 0.938. The summed E-state index contributed by atoms with van der Waals surface area (Å²) >= 11 is 0. The van der Waals surface area contributed by atoms with E-state index < -0.39 is 0 Å². The normalized spacial score (nSPS) is 33.6. The zero-order valence-electron chi connectivity index (χ0n) is 13.1. The van der Waals surface area contributed by atoms with Crippen LogP contribution in [0.2, 0.25) is 0 Å². The van der Waals surface area contributed by atoms with Crippen LogP contribution >= 0.6 is 0 Å². The van der Waals surface area contributed by atoms with Gasteiger partial charge in [-0.1, -0.05) is 13.8 Å². The first-order chi connectivity index (χ1) is 9.54. The Bertz CT molecular complexity index is 330. The summed E-state index contributed by atoms with van der Waals surface area (Å²) in [4.78, 5) is 12.3. The molecule has 0 aromatic heterocycles. The molecule has 1 amide bonds. The van der Waals surface area contributed by atoms with Crippen molar-refractivity contribution >= 4 is 5.91 Å². The number of nitrogens with one attached hydrogen (secondary N) is 1. The Morgan fingerprint density at radius 2 is 2.05 bits per heavy atom. The van der Waals surface area contributed by atoms with E-state index in [1.165, 1.54) is 12.8 Å². The van der Waals surface area contributed by atoms with Gasteiger partial charge in [0.15, 0.2) is 0 Å². The van der Waals surface area contributed by atoms with E-state index in [2.05, 4.69) is 19.2 Å². The van der Waals surface area contributed by atoms with Crippen molar-refractivity contribution in [3.63, 3.8) is 0 Å². The molecule has 2 aliphatic rings. The first-order valence-electron chi connectivity index (χ1n) is 8.19. The van der Waals surface area contributed by atoms with Crippen molar-refractivity contribution in [2.24, 2.45) is 29.4 Å². The third kappa shape index (κ3) is 3.34. The van der Waals surface area contributed by atoms with E-state index in [0.29, 0.717) is 24.3 Å². The molecule has 0 saturated heterocycles. The highest BCUT2D eigenvalue weighted by atomic mass is 16.5. The van der Waals surface area contributed by atoms with Crippen LogP contribution in [0.15, 0.2) is 0 Å². The highest BCUT2D eigenvalue weighted by molar-refractivity contribution is 5.80. The molecule has 2 fully saturated rings. The molecule has 3 N–H and O–H groups in total. The van der Waals surface area contributed by atoms with Gasteiger partial charge in [-0.2, -0.15) is 0 Å². The predicted molar refractivity (Wildman–Crippen MR) is 80.2 cm³/mol. The standard InChI is InChI=1S/C16H30N2O2/c1-4-20-13(10(2)3)7-8-18-16(19)14-11-5-6-12(9-11)15(14)17/h10-15H,4-9,17H2,1-3H3,(H,18,19). The van der Waals surface area contributed by atoms with Crippen LogP contribution in [0.25, 0.3) is 0 Å². The van der Waals surface area contributed by atoms with E-state index in [9.17, 15) is 4.79 Å². The van der Waals surface area contributed by atoms with Gasteiger partial charge in [0.1, 0.15) is 0 Å². The molecule has 0 radical (unpaired) electrons. The van der Waals surface area contributed by atoms with Crippen LogP contribution in [0, 0.1) is 23.7 Å². The van der Waals surface area contributed by atoms with Crippen molar-refractivity contribution in [1.82, 2.24) is 5.32 Å². The number of carbonyl (C=O) groups excluding carboxylic acids is 1. The van der Waals surface area contributed by atoms with Crippen molar-refractivity contribution in [1.29, 1.82) is 0 Å². The number of nitrogens with two attached hydrogens (primary N) is 1. The van der Waals surface area contributed by atoms with E-state index in [1.54, 1.807) is 0 Å². The summed E-state index contributed by atoms with van der Waals surface area (Å²) in [6.07, 6.45) is 4.67. The Labute approximate surface area is 122 Å². The highest BCUT2D eigenvalue weighted by Gasteiger charge is 2.48. The van der Waals surface area contributed by atoms with Gasteiger partial charge in [0.05, 0.1) is 12.0 Å². The average molecular weight is 282 g/mol. The number of ether oxygens (including phenoxy) is 1. The third-order valence-corrected chi connectivity index (χ3v) is 5.14. The molecular weight excluding hydrogens is 252 g/mol. The van der Waals surface area contributed by atoms with Gasteiger partial charge in [0.2, 0.25) is 5.91 Å². The van der Waals surface area contributed by atoms with Gasteiger partial charge in [-0.3, -0.25) is 4.79 Å². The molecule has 2 rings (SSSR count). The lowest BCUT2D eigenvalue weighted by atomic mass is 9.84. The number of carbonyl (C=O) groups is 1. The van der Waals surface area contributed by atoms with E-state index in [4.69, 9.17) is 10.5 Å². The molecule has 2 bridgehead atoms. The molecule has 0 heterocycles. The van der Waals surface area contributed by atoms with Gasteiger partial charge < -0.3 is 15.8 Å². The van der Waals surface area contributed by atoms with Crippen LogP contribution in [0.5, 0.6) is 0 Å². The van der Waals surface area contributed by atoms with Crippen LogP contribution in [0.1, 0.15) is 46.5 Å². The molecule has 2 saturated carbocycles. The first-order valence-corrected chi connectivity index (χ1v) is 8.19. The molecule has 4 heteroatoms. The fourth-order valence-corrected chi connectivity index (χ4v) is 4.00. The molecule has 4 nitrogen and oxygen atoms in total. The van der Waals surface area contributed by atoms with Gasteiger partial charge in [-0.05, 0) is 50.4 Å². The summed E-state index contributed by atoms with van der Waals surface area (Å²) in [5.74, 6) is 1.82. The smallest absolute Gasteiger partial charge is 0.224 e. The SMILES string of the molecule is CCOC(CCNC(=O)C1C2CCC(C2)C1N)C(C)C. The lowest BCUT2D eigenvalue weighted by Gasteiger charge is -2.27. The summed E-state index contributed by atoms with van der Waals surface area (Å²) in [5.41, 5.74) is 6.21. The molecule has 0 aromatic carbocycles. The molecule has 20 heavy (non-hydrogen) atoms. The van der Waals surface area contributed by atoms with E-state index in [0.717, 1.165) is 19.4 Å². The predicted octanol–water partition coefficient (Wildman–Crippen LogP) is 1.93. The lowest BCUT2D eigenvalue weighted by molar-refractivity contribution is -0.127. The average Bonchev–Trinajstić information content (AvgIpc) is 2.97. The number of hydrogen-bond donors (Lipinski definition) is 2. The van der Waals surface area contributed by atoms with E-state index in [1.807, 2.05) is 6.92 Å². The van der Waals surface area contributed by atoms with Crippen LogP contribution in [0.3, 0.4) is 0 Å². The second-order valence-electron chi connectivity index (χ2n) is 6.75. The van der Waals surface area contributed by atoms with Crippen molar-refractivity contribution in [3.05, 3.63) is 0 Å². The van der Waals surface area contributed by atoms with Crippen LogP contribution in [-0.2, 0) is 9.53 Å². The molecule has 5 unspecified atom stereocenters. The maximum absolute atomic E-state index is 12.3. The second-order valence-corrected chi connectivity index (χ2v) is 6.75. The van der Waals surface area contributed by atoms with Crippen LogP contribution in [-0.4, -0.2) is 31.2 Å². The number of fused-ring (bicyclic) bond motifs is 2. The van der Waals surface area contributed by atoms with Crippen LogP contribution < -0.4 is 11.1 Å². The minimum absolute atomic E-state index is 0.0540. The summed E-state index contributed by atoms with van der Waals surface area (Å²) in [7, 11) is 0. The summed E-state index contributed by atoms with van der Waals surface area (Å²) in [5, 5.41) is 3.08. The van der Waals surface area contributed by atoms with Gasteiger partial charge in [-0.15, -0.1) is 0 Å². The van der Waals surface area contributed by atoms with Crippen molar-refractivity contribution in [3.8, 4) is 0 Å². The Morgan fingerprint density at radius 1 is 1.35 bits per heavy atom. The Balaban J connectivity index is 1.75. The Morgan fingerprint density at radius 3 is 2.60 bits per heavy atom. The largest absolute Gasteiger partial charge is 0.378 e. The summed E-state index contributed by atoms with van der Waals surface area (Å²) < 4.78 is 5.71. The molecular formula is C16H30N2O2. The minimum atomic E-state index is 0.0540.